The summed E-state index contributed by atoms with van der Waals surface area (Å²) in [5.74, 6) is 1.61. The normalized spacial score (nSPS) is 26.2. The summed E-state index contributed by atoms with van der Waals surface area (Å²) in [4.78, 5) is 38.5. The number of carbonyl (C=O) groups excluding carboxylic acids is 1. The van der Waals surface area contributed by atoms with Crippen molar-refractivity contribution in [2.45, 2.75) is 76.9 Å². The summed E-state index contributed by atoms with van der Waals surface area (Å²) < 4.78 is 0. The fourth-order valence-electron chi connectivity index (χ4n) is 5.76. The summed E-state index contributed by atoms with van der Waals surface area (Å²) in [5, 5.41) is 0. The number of nitrogens with zero attached hydrogens (tertiary/aromatic N) is 3. The fraction of sp³-hybridized carbons (Fsp3) is 0.577. The number of hydrogen-bond donors (Lipinski definition) is 1. The van der Waals surface area contributed by atoms with Crippen molar-refractivity contribution in [2.24, 2.45) is 5.92 Å². The van der Waals surface area contributed by atoms with Crippen LogP contribution in [0.1, 0.15) is 74.1 Å². The van der Waals surface area contributed by atoms with E-state index in [-0.39, 0.29) is 17.5 Å². The zero-order valence-corrected chi connectivity index (χ0v) is 19.1. The highest BCUT2D eigenvalue weighted by Gasteiger charge is 2.34. The molecule has 2 fully saturated rings. The second kappa shape index (κ2) is 9.18. The molecule has 32 heavy (non-hydrogen) atoms. The van der Waals surface area contributed by atoms with Crippen LogP contribution in [0.2, 0.25) is 0 Å². The maximum absolute atomic E-state index is 13.1. The highest BCUT2D eigenvalue weighted by atomic mass is 16.2. The van der Waals surface area contributed by atoms with Crippen LogP contribution in [0.15, 0.2) is 35.1 Å². The van der Waals surface area contributed by atoms with Crippen molar-refractivity contribution in [2.75, 3.05) is 13.1 Å². The van der Waals surface area contributed by atoms with Crippen molar-refractivity contribution in [3.8, 4) is 0 Å². The van der Waals surface area contributed by atoms with Crippen LogP contribution in [0.5, 0.6) is 0 Å². The summed E-state index contributed by atoms with van der Waals surface area (Å²) >= 11 is 0. The minimum atomic E-state index is -0.123. The van der Waals surface area contributed by atoms with Crippen molar-refractivity contribution in [3.05, 3.63) is 63.3 Å². The minimum absolute atomic E-state index is 0.0127. The molecule has 0 unspecified atom stereocenters. The Morgan fingerprint density at radius 1 is 1.09 bits per heavy atom. The molecule has 1 atom stereocenters. The molecule has 2 aromatic rings. The molecule has 170 valence electrons. The molecule has 1 saturated carbocycles. The predicted octanol–water partition coefficient (Wildman–Crippen LogP) is 3.61. The van der Waals surface area contributed by atoms with Gasteiger partial charge in [0.2, 0.25) is 5.91 Å². The van der Waals surface area contributed by atoms with Crippen molar-refractivity contribution in [1.29, 1.82) is 0 Å². The van der Waals surface area contributed by atoms with Crippen LogP contribution in [-0.2, 0) is 24.2 Å². The van der Waals surface area contributed by atoms with Crippen molar-refractivity contribution >= 4 is 5.91 Å². The van der Waals surface area contributed by atoms with Crippen LogP contribution in [0.25, 0.3) is 0 Å². The molecular weight excluding hydrogens is 400 g/mol. The molecule has 0 spiro atoms. The zero-order chi connectivity index (χ0) is 22.1. The lowest BCUT2D eigenvalue weighted by atomic mass is 9.86. The number of H-pyrrole nitrogens is 1. The van der Waals surface area contributed by atoms with E-state index in [0.717, 1.165) is 55.1 Å². The van der Waals surface area contributed by atoms with Gasteiger partial charge in [-0.05, 0) is 50.0 Å². The van der Waals surface area contributed by atoms with E-state index in [1.54, 1.807) is 0 Å². The first-order valence-corrected chi connectivity index (χ1v) is 12.3. The maximum Gasteiger partial charge on any atom is 0.255 e. The van der Waals surface area contributed by atoms with Crippen LogP contribution >= 0.6 is 0 Å². The topological polar surface area (TPSA) is 69.3 Å². The van der Waals surface area contributed by atoms with E-state index in [4.69, 9.17) is 4.98 Å². The van der Waals surface area contributed by atoms with Gasteiger partial charge in [-0.2, -0.15) is 0 Å². The number of hydrogen-bond acceptors (Lipinski definition) is 4. The molecular formula is C26H34N4O2. The number of aromatic amines is 1. The average Bonchev–Trinajstić information content (AvgIpc) is 3.30. The van der Waals surface area contributed by atoms with Crippen LogP contribution in [-0.4, -0.2) is 44.8 Å². The number of fused-ring (bicyclic) bond motifs is 1. The van der Waals surface area contributed by atoms with Crippen molar-refractivity contribution in [3.63, 3.8) is 0 Å². The smallest absolute Gasteiger partial charge is 0.255 e. The molecule has 2 aliphatic heterocycles. The Balaban J connectivity index is 1.31. The number of rotatable bonds is 4. The summed E-state index contributed by atoms with van der Waals surface area (Å²) in [5.41, 5.74) is 2.78. The molecule has 1 aliphatic carbocycles. The predicted molar refractivity (Wildman–Crippen MR) is 124 cm³/mol. The van der Waals surface area contributed by atoms with E-state index in [0.29, 0.717) is 24.8 Å². The molecule has 1 amide bonds. The van der Waals surface area contributed by atoms with Gasteiger partial charge in [0.1, 0.15) is 5.82 Å². The first-order valence-electron chi connectivity index (χ1n) is 12.3. The molecule has 1 N–H and O–H groups in total. The fourth-order valence-corrected chi connectivity index (χ4v) is 5.76. The standard InChI is InChI=1S/C26H34N4O2/c1-18-9-11-20(12-10-18)29-15-13-22-21(17-29)26(32)28-25(27-22)23-8-5-14-30(23)24(31)16-19-6-3-2-4-7-19/h2-4,6-7,18,20,23H,5,8-17H2,1H3,(H,27,28,32)/t18?,20?,23-/m0/s1. The van der Waals surface area contributed by atoms with Gasteiger partial charge in [0.15, 0.2) is 0 Å². The van der Waals surface area contributed by atoms with Gasteiger partial charge in [-0.3, -0.25) is 14.5 Å². The highest BCUT2D eigenvalue weighted by Crippen LogP contribution is 2.32. The monoisotopic (exact) mass is 434 g/mol. The third-order valence-electron chi connectivity index (χ3n) is 7.71. The summed E-state index contributed by atoms with van der Waals surface area (Å²) in [7, 11) is 0. The lowest BCUT2D eigenvalue weighted by Crippen LogP contribution is -2.44. The molecule has 0 bridgehead atoms. The first kappa shape index (κ1) is 21.4. The third-order valence-corrected chi connectivity index (χ3v) is 7.71. The van der Waals surface area contributed by atoms with Gasteiger partial charge in [-0.25, -0.2) is 4.98 Å². The summed E-state index contributed by atoms with van der Waals surface area (Å²) in [6, 6.07) is 10.3. The van der Waals surface area contributed by atoms with Gasteiger partial charge < -0.3 is 9.88 Å². The Hall–Kier alpha value is -2.47. The minimum Gasteiger partial charge on any atom is -0.332 e. The largest absolute Gasteiger partial charge is 0.332 e. The van der Waals surface area contributed by atoms with Crippen LogP contribution in [0, 0.1) is 5.92 Å². The van der Waals surface area contributed by atoms with Gasteiger partial charge in [0, 0.05) is 32.1 Å². The van der Waals surface area contributed by atoms with Crippen molar-refractivity contribution in [1.82, 2.24) is 19.8 Å². The average molecular weight is 435 g/mol. The summed E-state index contributed by atoms with van der Waals surface area (Å²) in [6.07, 6.45) is 8.06. The molecule has 3 aliphatic rings. The van der Waals surface area contributed by atoms with Crippen LogP contribution < -0.4 is 5.56 Å². The zero-order valence-electron chi connectivity index (χ0n) is 19.1. The van der Waals surface area contributed by atoms with Crippen LogP contribution in [0.3, 0.4) is 0 Å². The third kappa shape index (κ3) is 4.38. The lowest BCUT2D eigenvalue weighted by Gasteiger charge is -2.38. The van der Waals surface area contributed by atoms with Gasteiger partial charge in [0.25, 0.3) is 5.56 Å². The van der Waals surface area contributed by atoms with E-state index in [9.17, 15) is 9.59 Å². The van der Waals surface area contributed by atoms with E-state index in [2.05, 4.69) is 16.8 Å². The van der Waals surface area contributed by atoms with Gasteiger partial charge in [0.05, 0.1) is 23.7 Å². The van der Waals surface area contributed by atoms with E-state index in [1.807, 2.05) is 35.2 Å². The van der Waals surface area contributed by atoms with E-state index in [1.165, 1.54) is 25.7 Å². The Morgan fingerprint density at radius 2 is 1.88 bits per heavy atom. The molecule has 0 radical (unpaired) electrons. The Labute approximate surface area is 190 Å². The quantitative estimate of drug-likeness (QED) is 0.798. The van der Waals surface area contributed by atoms with Gasteiger partial charge >= 0.3 is 0 Å². The second-order valence-corrected chi connectivity index (χ2v) is 9.92. The summed E-state index contributed by atoms with van der Waals surface area (Å²) in [6.45, 7) is 4.75. The lowest BCUT2D eigenvalue weighted by molar-refractivity contribution is -0.131. The van der Waals surface area contributed by atoms with Crippen molar-refractivity contribution < 1.29 is 4.79 Å². The van der Waals surface area contributed by atoms with E-state index >= 15 is 0 Å². The molecule has 1 aromatic carbocycles. The molecule has 6 nitrogen and oxygen atoms in total. The van der Waals surface area contributed by atoms with Crippen LogP contribution in [0.4, 0.5) is 0 Å². The number of nitrogens with one attached hydrogen (secondary N) is 1. The Morgan fingerprint density at radius 3 is 2.66 bits per heavy atom. The SMILES string of the molecule is CC1CCC(N2CCc3nc([C@@H]4CCCN4C(=O)Cc4ccccc4)[nH]c(=O)c3C2)CC1. The number of aromatic nitrogens is 2. The molecule has 5 rings (SSSR count). The molecule has 1 aromatic heterocycles. The number of amides is 1. The molecule has 6 heteroatoms. The van der Waals surface area contributed by atoms with Gasteiger partial charge in [-0.15, -0.1) is 0 Å². The molecule has 1 saturated heterocycles. The van der Waals surface area contributed by atoms with Gasteiger partial charge in [-0.1, -0.05) is 37.3 Å². The Bertz CT molecular complexity index is 1010. The number of likely N-dealkylation sites (tertiary alicyclic amines) is 1. The Kier molecular flexibility index (Phi) is 6.13. The highest BCUT2D eigenvalue weighted by molar-refractivity contribution is 5.79. The second-order valence-electron chi connectivity index (χ2n) is 9.92. The first-order chi connectivity index (χ1) is 15.6. The maximum atomic E-state index is 13.1. The molecule has 3 heterocycles. The number of carbonyl (C=O) groups is 1. The number of benzene rings is 1. The van der Waals surface area contributed by atoms with E-state index < -0.39 is 0 Å².